The minimum Gasteiger partial charge on any atom is -0.380 e. The topological polar surface area (TPSA) is 52.0 Å². The smallest absolute Gasteiger partial charge is 0.174 e. The van der Waals surface area contributed by atoms with Crippen LogP contribution >= 0.6 is 0 Å². The molecule has 0 saturated heterocycles. The Balaban J connectivity index is 1.97. The molecule has 20 valence electrons. The summed E-state index contributed by atoms with van der Waals surface area (Å²) in [4.78, 5) is 0. The SMILES string of the molecule is N[B][B]N. The molecule has 0 heterocycles. The van der Waals surface area contributed by atoms with Crippen LogP contribution in [0.1, 0.15) is 0 Å². The van der Waals surface area contributed by atoms with E-state index in [4.69, 9.17) is 11.3 Å². The van der Waals surface area contributed by atoms with Gasteiger partial charge in [0.25, 0.3) is 0 Å². The van der Waals surface area contributed by atoms with E-state index in [1.807, 2.05) is 0 Å². The summed E-state index contributed by atoms with van der Waals surface area (Å²) in [7, 11) is 2.56. The highest BCUT2D eigenvalue weighted by Crippen LogP contribution is 1.09. The van der Waals surface area contributed by atoms with E-state index < -0.39 is 0 Å². The maximum Gasteiger partial charge on any atom is 0.174 e. The third kappa shape index (κ3) is 2.05. The second-order valence-electron chi connectivity index (χ2n) is 0.385. The lowest BCUT2D eigenvalue weighted by molar-refractivity contribution is 1.91. The molecule has 0 atom stereocenters. The van der Waals surface area contributed by atoms with Crippen molar-refractivity contribution in [1.29, 1.82) is 0 Å². The molecule has 0 aromatic rings. The van der Waals surface area contributed by atoms with Crippen LogP contribution < -0.4 is 11.3 Å². The van der Waals surface area contributed by atoms with Crippen molar-refractivity contribution in [2.45, 2.75) is 0 Å². The minimum absolute atomic E-state index is 1.28. The van der Waals surface area contributed by atoms with Gasteiger partial charge < -0.3 is 11.3 Å². The summed E-state index contributed by atoms with van der Waals surface area (Å²) in [5.41, 5.74) is 9.44. The predicted octanol–water partition coefficient (Wildman–Crippen LogP) is -1.94. The van der Waals surface area contributed by atoms with Crippen LogP contribution in [0, 0.1) is 0 Å². The van der Waals surface area contributed by atoms with Crippen LogP contribution in [-0.4, -0.2) is 14.6 Å². The van der Waals surface area contributed by atoms with Crippen molar-refractivity contribution in [2.24, 2.45) is 11.3 Å². The highest BCUT2D eigenvalue weighted by Gasteiger charge is 1.66. The fourth-order valence-electron chi connectivity index (χ4n) is 0. The average Bonchev–Trinajstić information content (AvgIpc) is 1.37. The average molecular weight is 53.7 g/mol. The minimum atomic E-state index is 1.28. The molecular formula is H4B2N2. The van der Waals surface area contributed by atoms with Crippen molar-refractivity contribution < 1.29 is 0 Å². The third-order valence-corrected chi connectivity index (χ3v) is 0.111. The maximum absolute atomic E-state index is 4.72. The fraction of sp³-hybridized carbons (Fsp3) is 0. The van der Waals surface area contributed by atoms with Crippen LogP contribution in [0.2, 0.25) is 0 Å². The van der Waals surface area contributed by atoms with Crippen molar-refractivity contribution in [3.05, 3.63) is 0 Å². The largest absolute Gasteiger partial charge is 0.380 e. The lowest BCUT2D eigenvalue weighted by Crippen LogP contribution is -2.22. The summed E-state index contributed by atoms with van der Waals surface area (Å²) in [6, 6.07) is 0. The van der Waals surface area contributed by atoms with Gasteiger partial charge in [0, 0.05) is 0 Å². The molecule has 0 aromatic heterocycles. The standard InChI is InChI=1S/B2H4N2/c3-1-2-4/h3-4H2. The first kappa shape index (κ1) is 4.05. The Morgan fingerprint density at radius 1 is 1.00 bits per heavy atom. The number of hydrogen-bond acceptors (Lipinski definition) is 2. The second-order valence-corrected chi connectivity index (χ2v) is 0.385. The Bertz CT molecular complexity index is 6.00. The number of hydrogen-bond donors (Lipinski definition) is 2. The predicted molar refractivity (Wildman–Crippen MR) is 19.9 cm³/mol. The zero-order valence-electron chi connectivity index (χ0n) is 2.31. The highest BCUT2D eigenvalue weighted by atomic mass is 14.4. The van der Waals surface area contributed by atoms with Gasteiger partial charge in [-0.05, 0) is 0 Å². The van der Waals surface area contributed by atoms with E-state index in [0.29, 0.717) is 0 Å². The van der Waals surface area contributed by atoms with Crippen LogP contribution in [0.15, 0.2) is 0 Å². The maximum atomic E-state index is 4.72. The molecule has 0 aliphatic heterocycles. The Morgan fingerprint density at radius 2 is 1.25 bits per heavy atom. The highest BCUT2D eigenvalue weighted by molar-refractivity contribution is 6.97. The quantitative estimate of drug-likeness (QED) is 0.342. The molecule has 0 aliphatic carbocycles. The monoisotopic (exact) mass is 54.1 g/mol. The molecular weight excluding hydrogens is 49.6 g/mol. The molecule has 0 unspecified atom stereocenters. The van der Waals surface area contributed by atoms with E-state index in [2.05, 4.69) is 0 Å². The molecule has 4 N–H and O–H groups in total. The summed E-state index contributed by atoms with van der Waals surface area (Å²) in [5.74, 6) is 0. The normalized spacial score (nSPS) is 5.50. The number of rotatable bonds is 1. The number of nitrogens with two attached hydrogens (primary N) is 2. The summed E-state index contributed by atoms with van der Waals surface area (Å²) >= 11 is 0. The molecule has 0 spiro atoms. The Kier molecular flexibility index (Phi) is 3.09. The Morgan fingerprint density at radius 3 is 1.25 bits per heavy atom. The first-order chi connectivity index (χ1) is 1.91. The van der Waals surface area contributed by atoms with Gasteiger partial charge in [-0.1, -0.05) is 0 Å². The zero-order chi connectivity index (χ0) is 3.41. The molecule has 0 aromatic carbocycles. The zero-order valence-corrected chi connectivity index (χ0v) is 2.31. The van der Waals surface area contributed by atoms with Gasteiger partial charge in [0.2, 0.25) is 0 Å². The van der Waals surface area contributed by atoms with E-state index >= 15 is 0 Å². The van der Waals surface area contributed by atoms with Gasteiger partial charge >= 0.3 is 0 Å². The molecule has 4 heavy (non-hydrogen) atoms. The lowest BCUT2D eigenvalue weighted by Gasteiger charge is -1.63. The van der Waals surface area contributed by atoms with Crippen LogP contribution in [0.3, 0.4) is 0 Å². The van der Waals surface area contributed by atoms with Gasteiger partial charge in [-0.2, -0.15) is 0 Å². The van der Waals surface area contributed by atoms with E-state index in [-0.39, 0.29) is 0 Å². The van der Waals surface area contributed by atoms with Gasteiger partial charge in [0.15, 0.2) is 14.6 Å². The second kappa shape index (κ2) is 3.05. The van der Waals surface area contributed by atoms with E-state index in [0.717, 1.165) is 0 Å². The van der Waals surface area contributed by atoms with Gasteiger partial charge in [0.05, 0.1) is 0 Å². The third-order valence-electron chi connectivity index (χ3n) is 0.111. The van der Waals surface area contributed by atoms with Crippen molar-refractivity contribution in [3.63, 3.8) is 0 Å². The summed E-state index contributed by atoms with van der Waals surface area (Å²) in [6.07, 6.45) is 0. The van der Waals surface area contributed by atoms with Gasteiger partial charge in [0.1, 0.15) is 0 Å². The molecule has 0 fully saturated rings. The molecule has 0 amide bonds. The summed E-state index contributed by atoms with van der Waals surface area (Å²) in [5, 5.41) is 0. The first-order valence-corrected chi connectivity index (χ1v) is 1.00. The Labute approximate surface area is 27.1 Å². The molecule has 0 saturated carbocycles. The molecule has 0 bridgehead atoms. The van der Waals surface area contributed by atoms with Crippen molar-refractivity contribution in [3.8, 4) is 0 Å². The molecule has 2 nitrogen and oxygen atoms in total. The van der Waals surface area contributed by atoms with Crippen molar-refractivity contribution >= 4 is 14.6 Å². The van der Waals surface area contributed by atoms with Crippen LogP contribution in [0.4, 0.5) is 0 Å². The van der Waals surface area contributed by atoms with Crippen molar-refractivity contribution in [1.82, 2.24) is 0 Å². The van der Waals surface area contributed by atoms with E-state index in [1.54, 1.807) is 0 Å². The van der Waals surface area contributed by atoms with Gasteiger partial charge in [-0.3, -0.25) is 0 Å². The van der Waals surface area contributed by atoms with Gasteiger partial charge in [-0.15, -0.1) is 0 Å². The molecule has 0 rings (SSSR count). The fourth-order valence-corrected chi connectivity index (χ4v) is 0. The van der Waals surface area contributed by atoms with Crippen LogP contribution in [0.5, 0.6) is 0 Å². The summed E-state index contributed by atoms with van der Waals surface area (Å²) in [6.45, 7) is 0. The van der Waals surface area contributed by atoms with E-state index in [1.165, 1.54) is 14.6 Å². The van der Waals surface area contributed by atoms with Crippen LogP contribution in [0.25, 0.3) is 0 Å². The lowest BCUT2D eigenvalue weighted by atomic mass is 9.59. The molecule has 2 radical (unpaired) electrons. The Hall–Kier alpha value is 0.0499. The molecule has 4 heteroatoms. The van der Waals surface area contributed by atoms with Crippen molar-refractivity contribution in [2.75, 3.05) is 0 Å². The van der Waals surface area contributed by atoms with E-state index in [9.17, 15) is 0 Å². The molecule has 0 aliphatic rings. The summed E-state index contributed by atoms with van der Waals surface area (Å²) < 4.78 is 0. The van der Waals surface area contributed by atoms with Crippen LogP contribution in [-0.2, 0) is 0 Å². The first-order valence-electron chi connectivity index (χ1n) is 1.00. The van der Waals surface area contributed by atoms with Gasteiger partial charge in [-0.25, -0.2) is 0 Å².